The molecule has 0 unspecified atom stereocenters. The molecule has 1 aromatic rings. The first-order valence-corrected chi connectivity index (χ1v) is 5.40. The maximum Gasteiger partial charge on any atom is 0.126 e. The summed E-state index contributed by atoms with van der Waals surface area (Å²) in [4.78, 5) is 0. The standard InChI is InChI=1S/C12H15NO2/c1-14-10-3-2-4-11-12(10)9-6-13-5-8(9)7-15-11/h2-4,8-9,13H,5-7H2,1H3/t8-,9+/m1/s1. The molecule has 1 N–H and O–H groups in total. The monoisotopic (exact) mass is 205 g/mol. The van der Waals surface area contributed by atoms with Gasteiger partial charge in [-0.1, -0.05) is 6.07 Å². The summed E-state index contributed by atoms with van der Waals surface area (Å²) in [5.74, 6) is 3.13. The predicted molar refractivity (Wildman–Crippen MR) is 57.6 cm³/mol. The second-order valence-corrected chi connectivity index (χ2v) is 4.21. The molecule has 2 atom stereocenters. The number of hydrogen-bond donors (Lipinski definition) is 1. The van der Waals surface area contributed by atoms with E-state index in [2.05, 4.69) is 5.32 Å². The van der Waals surface area contributed by atoms with Gasteiger partial charge in [-0.05, 0) is 12.1 Å². The fourth-order valence-electron chi connectivity index (χ4n) is 2.64. The van der Waals surface area contributed by atoms with Crippen LogP contribution in [0.25, 0.3) is 0 Å². The van der Waals surface area contributed by atoms with E-state index < -0.39 is 0 Å². The fraction of sp³-hybridized carbons (Fsp3) is 0.500. The molecule has 15 heavy (non-hydrogen) atoms. The van der Waals surface area contributed by atoms with Crippen molar-refractivity contribution in [2.24, 2.45) is 5.92 Å². The summed E-state index contributed by atoms with van der Waals surface area (Å²) in [7, 11) is 1.72. The summed E-state index contributed by atoms with van der Waals surface area (Å²) >= 11 is 0. The van der Waals surface area contributed by atoms with Crippen molar-refractivity contribution in [3.8, 4) is 11.5 Å². The lowest BCUT2D eigenvalue weighted by molar-refractivity contribution is 0.215. The molecule has 0 amide bonds. The van der Waals surface area contributed by atoms with Gasteiger partial charge < -0.3 is 14.8 Å². The smallest absolute Gasteiger partial charge is 0.126 e. The molecule has 2 aliphatic heterocycles. The van der Waals surface area contributed by atoms with Gasteiger partial charge in [0.2, 0.25) is 0 Å². The Labute approximate surface area is 89.4 Å². The first kappa shape index (κ1) is 9.04. The van der Waals surface area contributed by atoms with Crippen LogP contribution in [0, 0.1) is 5.92 Å². The minimum Gasteiger partial charge on any atom is -0.496 e. The minimum absolute atomic E-state index is 0.560. The van der Waals surface area contributed by atoms with Crippen LogP contribution in [0.1, 0.15) is 11.5 Å². The van der Waals surface area contributed by atoms with Crippen LogP contribution < -0.4 is 14.8 Å². The van der Waals surface area contributed by atoms with E-state index in [1.54, 1.807) is 7.11 Å². The molecule has 1 aromatic carbocycles. The van der Waals surface area contributed by atoms with Crippen LogP contribution in [0.4, 0.5) is 0 Å². The van der Waals surface area contributed by atoms with E-state index >= 15 is 0 Å². The third kappa shape index (κ3) is 1.30. The number of nitrogens with one attached hydrogen (secondary N) is 1. The Morgan fingerprint density at radius 2 is 2.33 bits per heavy atom. The lowest BCUT2D eigenvalue weighted by Gasteiger charge is -2.29. The molecule has 3 heteroatoms. The molecule has 0 spiro atoms. The van der Waals surface area contributed by atoms with Crippen molar-refractivity contribution in [1.29, 1.82) is 0 Å². The highest BCUT2D eigenvalue weighted by atomic mass is 16.5. The Morgan fingerprint density at radius 3 is 3.20 bits per heavy atom. The second kappa shape index (κ2) is 3.42. The topological polar surface area (TPSA) is 30.5 Å². The highest BCUT2D eigenvalue weighted by Crippen LogP contribution is 2.43. The molecule has 2 heterocycles. The fourth-order valence-corrected chi connectivity index (χ4v) is 2.64. The van der Waals surface area contributed by atoms with Crippen LogP contribution in [0.5, 0.6) is 11.5 Å². The largest absolute Gasteiger partial charge is 0.496 e. The van der Waals surface area contributed by atoms with Gasteiger partial charge >= 0.3 is 0 Å². The molecule has 0 saturated carbocycles. The molecule has 0 aliphatic carbocycles. The first-order valence-electron chi connectivity index (χ1n) is 5.40. The molecule has 0 radical (unpaired) electrons. The summed E-state index contributed by atoms with van der Waals surface area (Å²) in [6.45, 7) is 2.93. The average molecular weight is 205 g/mol. The van der Waals surface area contributed by atoms with Crippen LogP contribution >= 0.6 is 0 Å². The second-order valence-electron chi connectivity index (χ2n) is 4.21. The summed E-state index contributed by atoms with van der Waals surface area (Å²) < 4.78 is 11.2. The first-order chi connectivity index (χ1) is 7.40. The van der Waals surface area contributed by atoms with E-state index in [0.717, 1.165) is 31.2 Å². The maximum absolute atomic E-state index is 5.76. The average Bonchev–Trinajstić information content (AvgIpc) is 2.76. The van der Waals surface area contributed by atoms with Gasteiger partial charge in [-0.25, -0.2) is 0 Å². The Hall–Kier alpha value is -1.22. The van der Waals surface area contributed by atoms with Crippen LogP contribution in [0.15, 0.2) is 18.2 Å². The van der Waals surface area contributed by atoms with Gasteiger partial charge in [0, 0.05) is 30.5 Å². The highest BCUT2D eigenvalue weighted by Gasteiger charge is 2.36. The number of hydrogen-bond acceptors (Lipinski definition) is 3. The van der Waals surface area contributed by atoms with Gasteiger partial charge in [0.05, 0.1) is 13.7 Å². The Kier molecular flexibility index (Phi) is 2.06. The number of benzene rings is 1. The Bertz CT molecular complexity index is 364. The maximum atomic E-state index is 5.76. The summed E-state index contributed by atoms with van der Waals surface area (Å²) in [6, 6.07) is 6.04. The van der Waals surface area contributed by atoms with Crippen molar-refractivity contribution >= 4 is 0 Å². The quantitative estimate of drug-likeness (QED) is 0.751. The van der Waals surface area contributed by atoms with Crippen LogP contribution in [-0.4, -0.2) is 26.8 Å². The van der Waals surface area contributed by atoms with Gasteiger partial charge in [-0.15, -0.1) is 0 Å². The molecule has 0 aromatic heterocycles. The van der Waals surface area contributed by atoms with Gasteiger partial charge in [0.1, 0.15) is 11.5 Å². The van der Waals surface area contributed by atoms with Crippen LogP contribution in [-0.2, 0) is 0 Å². The molecule has 80 valence electrons. The van der Waals surface area contributed by atoms with E-state index in [1.807, 2.05) is 18.2 Å². The summed E-state index contributed by atoms with van der Waals surface area (Å²) in [5, 5.41) is 3.42. The number of ether oxygens (including phenoxy) is 2. The molecule has 2 aliphatic rings. The Balaban J connectivity index is 2.10. The van der Waals surface area contributed by atoms with E-state index in [-0.39, 0.29) is 0 Å². The highest BCUT2D eigenvalue weighted by molar-refractivity contribution is 5.49. The van der Waals surface area contributed by atoms with Crippen molar-refractivity contribution in [2.75, 3.05) is 26.8 Å². The van der Waals surface area contributed by atoms with Crippen molar-refractivity contribution in [1.82, 2.24) is 5.32 Å². The van der Waals surface area contributed by atoms with E-state index in [1.165, 1.54) is 5.56 Å². The molecular weight excluding hydrogens is 190 g/mol. The van der Waals surface area contributed by atoms with Crippen LogP contribution in [0.3, 0.4) is 0 Å². The predicted octanol–water partition coefficient (Wildman–Crippen LogP) is 1.39. The molecule has 3 rings (SSSR count). The Morgan fingerprint density at radius 1 is 1.40 bits per heavy atom. The van der Waals surface area contributed by atoms with Crippen molar-refractivity contribution in [3.05, 3.63) is 23.8 Å². The summed E-state index contributed by atoms with van der Waals surface area (Å²) in [5.41, 5.74) is 1.25. The number of fused-ring (bicyclic) bond motifs is 3. The summed E-state index contributed by atoms with van der Waals surface area (Å²) in [6.07, 6.45) is 0. The van der Waals surface area contributed by atoms with Crippen LogP contribution in [0.2, 0.25) is 0 Å². The van der Waals surface area contributed by atoms with E-state index in [0.29, 0.717) is 11.8 Å². The molecule has 0 bridgehead atoms. The lowest BCUT2D eigenvalue weighted by atomic mass is 9.86. The molecule has 1 saturated heterocycles. The van der Waals surface area contributed by atoms with Gasteiger partial charge in [-0.3, -0.25) is 0 Å². The van der Waals surface area contributed by atoms with Crippen molar-refractivity contribution in [2.45, 2.75) is 5.92 Å². The molecular formula is C12H15NO2. The number of methoxy groups -OCH3 is 1. The lowest BCUT2D eigenvalue weighted by Crippen LogP contribution is -2.25. The zero-order valence-electron chi connectivity index (χ0n) is 8.82. The van der Waals surface area contributed by atoms with Gasteiger partial charge in [0.25, 0.3) is 0 Å². The third-order valence-corrected chi connectivity index (χ3v) is 3.41. The minimum atomic E-state index is 0.560. The third-order valence-electron chi connectivity index (χ3n) is 3.41. The van der Waals surface area contributed by atoms with Crippen molar-refractivity contribution in [3.63, 3.8) is 0 Å². The molecule has 1 fully saturated rings. The zero-order chi connectivity index (χ0) is 10.3. The normalized spacial score (nSPS) is 27.8. The SMILES string of the molecule is COc1cccc2c1[C@H]1CNC[C@@H]1CO2. The zero-order valence-corrected chi connectivity index (χ0v) is 8.82. The van der Waals surface area contributed by atoms with Gasteiger partial charge in [-0.2, -0.15) is 0 Å². The van der Waals surface area contributed by atoms with Gasteiger partial charge in [0.15, 0.2) is 0 Å². The van der Waals surface area contributed by atoms with Crippen molar-refractivity contribution < 1.29 is 9.47 Å². The van der Waals surface area contributed by atoms with E-state index in [4.69, 9.17) is 9.47 Å². The number of rotatable bonds is 1. The molecule has 3 nitrogen and oxygen atoms in total. The van der Waals surface area contributed by atoms with E-state index in [9.17, 15) is 0 Å².